The third-order valence-electron chi connectivity index (χ3n) is 2.85. The van der Waals surface area contributed by atoms with Crippen molar-refractivity contribution in [3.63, 3.8) is 0 Å². The molecule has 0 spiro atoms. The Hall–Kier alpha value is -1.77. The third kappa shape index (κ3) is 6.41. The summed E-state index contributed by atoms with van der Waals surface area (Å²) in [5, 5.41) is 0. The zero-order valence-electron chi connectivity index (χ0n) is 13.3. The molecule has 1 aromatic rings. The minimum atomic E-state index is 0.183. The smallest absolute Gasteiger partial charge is 0.219 e. The molecule has 0 saturated carbocycles. The second-order valence-corrected chi connectivity index (χ2v) is 4.24. The molecule has 1 heterocycles. The first-order chi connectivity index (χ1) is 9.69. The lowest BCUT2D eigenvalue weighted by atomic mass is 10.2. The minimum absolute atomic E-state index is 0.183. The van der Waals surface area contributed by atoms with Gasteiger partial charge in [0.05, 0.1) is 0 Å². The first-order valence-corrected chi connectivity index (χ1v) is 7.31. The molecular formula is C17H28N2O. The van der Waals surface area contributed by atoms with E-state index in [0.717, 1.165) is 26.2 Å². The maximum atomic E-state index is 11.1. The molecule has 0 bridgehead atoms. The Kier molecular flexibility index (Phi) is 10.1. The van der Waals surface area contributed by atoms with Crippen LogP contribution in [0.5, 0.6) is 0 Å². The average molecular weight is 276 g/mol. The number of benzene rings is 1. The van der Waals surface area contributed by atoms with Crippen molar-refractivity contribution in [2.75, 3.05) is 31.1 Å². The summed E-state index contributed by atoms with van der Waals surface area (Å²) in [5.41, 5.74) is 1.25. The van der Waals surface area contributed by atoms with Crippen molar-refractivity contribution in [3.05, 3.63) is 43.0 Å². The van der Waals surface area contributed by atoms with Crippen LogP contribution in [0, 0.1) is 0 Å². The Morgan fingerprint density at radius 1 is 1.10 bits per heavy atom. The van der Waals surface area contributed by atoms with Crippen LogP contribution in [-0.4, -0.2) is 37.0 Å². The zero-order chi connectivity index (χ0) is 15.4. The minimum Gasteiger partial charge on any atom is -0.368 e. The monoisotopic (exact) mass is 276 g/mol. The molecule has 0 aromatic heterocycles. The Bertz CT molecular complexity index is 368. The fourth-order valence-corrected chi connectivity index (χ4v) is 1.92. The first-order valence-electron chi connectivity index (χ1n) is 7.31. The third-order valence-corrected chi connectivity index (χ3v) is 2.85. The van der Waals surface area contributed by atoms with Gasteiger partial charge in [-0.15, -0.1) is 6.58 Å². The summed E-state index contributed by atoms with van der Waals surface area (Å²) in [5.74, 6) is 0.183. The molecule has 0 aliphatic carbocycles. The SMILES string of the molecule is C=CC.CC.CC(=O)N1CCN(c2ccccc2)CC1. The number of rotatable bonds is 1. The Morgan fingerprint density at radius 3 is 1.95 bits per heavy atom. The maximum absolute atomic E-state index is 11.1. The van der Waals surface area contributed by atoms with Crippen molar-refractivity contribution >= 4 is 11.6 Å². The fraction of sp³-hybridized carbons (Fsp3) is 0.471. The molecule has 0 atom stereocenters. The van der Waals surface area contributed by atoms with E-state index in [2.05, 4.69) is 23.6 Å². The molecule has 1 aromatic carbocycles. The van der Waals surface area contributed by atoms with E-state index in [4.69, 9.17) is 0 Å². The highest BCUT2D eigenvalue weighted by molar-refractivity contribution is 5.73. The van der Waals surface area contributed by atoms with Gasteiger partial charge in [-0.2, -0.15) is 0 Å². The van der Waals surface area contributed by atoms with Gasteiger partial charge in [-0.25, -0.2) is 0 Å². The van der Waals surface area contributed by atoms with Gasteiger partial charge in [0.15, 0.2) is 0 Å². The summed E-state index contributed by atoms with van der Waals surface area (Å²) < 4.78 is 0. The van der Waals surface area contributed by atoms with E-state index in [1.165, 1.54) is 5.69 Å². The van der Waals surface area contributed by atoms with Gasteiger partial charge in [0.2, 0.25) is 5.91 Å². The fourth-order valence-electron chi connectivity index (χ4n) is 1.92. The molecule has 2 rings (SSSR count). The number of carbonyl (C=O) groups is 1. The summed E-state index contributed by atoms with van der Waals surface area (Å²) >= 11 is 0. The molecule has 0 radical (unpaired) electrons. The molecule has 1 saturated heterocycles. The Morgan fingerprint density at radius 2 is 1.55 bits per heavy atom. The van der Waals surface area contributed by atoms with Gasteiger partial charge in [0.1, 0.15) is 0 Å². The summed E-state index contributed by atoms with van der Waals surface area (Å²) in [6, 6.07) is 10.3. The Labute approximate surface area is 123 Å². The predicted molar refractivity (Wildman–Crippen MR) is 88.1 cm³/mol. The standard InChI is InChI=1S/C12H16N2O.C3H6.C2H6/c1-11(15)13-7-9-14(10-8-13)12-5-3-2-4-6-12;1-3-2;1-2/h2-6H,7-10H2,1H3;3H,1H2,2H3;1-2H3. The number of para-hydroxylation sites is 1. The topological polar surface area (TPSA) is 23.6 Å². The van der Waals surface area contributed by atoms with Gasteiger partial charge < -0.3 is 9.80 Å². The van der Waals surface area contributed by atoms with Gasteiger partial charge in [0, 0.05) is 38.8 Å². The highest BCUT2D eigenvalue weighted by Crippen LogP contribution is 2.15. The second-order valence-electron chi connectivity index (χ2n) is 4.24. The molecule has 20 heavy (non-hydrogen) atoms. The lowest BCUT2D eigenvalue weighted by Crippen LogP contribution is -2.48. The zero-order valence-corrected chi connectivity index (χ0v) is 13.3. The molecule has 0 unspecified atom stereocenters. The van der Waals surface area contributed by atoms with Crippen LogP contribution in [0.1, 0.15) is 27.7 Å². The maximum Gasteiger partial charge on any atom is 0.219 e. The second kappa shape index (κ2) is 11.1. The van der Waals surface area contributed by atoms with Gasteiger partial charge in [-0.1, -0.05) is 38.1 Å². The van der Waals surface area contributed by atoms with Crippen molar-refractivity contribution in [3.8, 4) is 0 Å². The molecule has 0 N–H and O–H groups in total. The van der Waals surface area contributed by atoms with E-state index < -0.39 is 0 Å². The number of hydrogen-bond acceptors (Lipinski definition) is 2. The molecule has 1 amide bonds. The highest BCUT2D eigenvalue weighted by Gasteiger charge is 2.18. The molecule has 1 aliphatic rings. The number of amides is 1. The van der Waals surface area contributed by atoms with E-state index >= 15 is 0 Å². The van der Waals surface area contributed by atoms with E-state index in [0.29, 0.717) is 0 Å². The number of nitrogens with zero attached hydrogens (tertiary/aromatic N) is 2. The van der Waals surface area contributed by atoms with Gasteiger partial charge in [-0.3, -0.25) is 4.79 Å². The van der Waals surface area contributed by atoms with Crippen molar-refractivity contribution in [1.29, 1.82) is 0 Å². The molecular weight excluding hydrogens is 248 g/mol. The van der Waals surface area contributed by atoms with E-state index in [1.54, 1.807) is 13.0 Å². The van der Waals surface area contributed by atoms with E-state index in [9.17, 15) is 4.79 Å². The van der Waals surface area contributed by atoms with Crippen LogP contribution >= 0.6 is 0 Å². The number of carbonyl (C=O) groups excluding carboxylic acids is 1. The highest BCUT2D eigenvalue weighted by atomic mass is 16.2. The molecule has 1 fully saturated rings. The van der Waals surface area contributed by atoms with E-state index in [-0.39, 0.29) is 5.91 Å². The number of allylic oxidation sites excluding steroid dienone is 1. The average Bonchev–Trinajstić information content (AvgIpc) is 2.51. The number of hydrogen-bond donors (Lipinski definition) is 0. The van der Waals surface area contributed by atoms with Gasteiger partial charge >= 0.3 is 0 Å². The van der Waals surface area contributed by atoms with Crippen LogP contribution in [-0.2, 0) is 4.79 Å². The summed E-state index contributed by atoms with van der Waals surface area (Å²) in [6.07, 6.45) is 1.75. The first kappa shape index (κ1) is 18.2. The van der Waals surface area contributed by atoms with Crippen LogP contribution in [0.3, 0.4) is 0 Å². The quantitative estimate of drug-likeness (QED) is 0.732. The van der Waals surface area contributed by atoms with Crippen LogP contribution in [0.2, 0.25) is 0 Å². The van der Waals surface area contributed by atoms with Crippen molar-refractivity contribution in [2.24, 2.45) is 0 Å². The van der Waals surface area contributed by atoms with Crippen LogP contribution < -0.4 is 4.90 Å². The van der Waals surface area contributed by atoms with Crippen molar-refractivity contribution in [2.45, 2.75) is 27.7 Å². The van der Waals surface area contributed by atoms with E-state index in [1.807, 2.05) is 43.9 Å². The Balaban J connectivity index is 0.000000641. The largest absolute Gasteiger partial charge is 0.368 e. The van der Waals surface area contributed by atoms with Crippen molar-refractivity contribution in [1.82, 2.24) is 4.90 Å². The lowest BCUT2D eigenvalue weighted by Gasteiger charge is -2.35. The molecule has 1 aliphatic heterocycles. The molecule has 112 valence electrons. The van der Waals surface area contributed by atoms with Crippen LogP contribution in [0.25, 0.3) is 0 Å². The van der Waals surface area contributed by atoms with Crippen LogP contribution in [0.4, 0.5) is 5.69 Å². The number of piperazine rings is 1. The summed E-state index contributed by atoms with van der Waals surface area (Å²) in [7, 11) is 0. The summed E-state index contributed by atoms with van der Waals surface area (Å²) in [4.78, 5) is 15.4. The summed E-state index contributed by atoms with van der Waals surface area (Å²) in [6.45, 7) is 14.4. The molecule has 3 nitrogen and oxygen atoms in total. The number of anilines is 1. The predicted octanol–water partition coefficient (Wildman–Crippen LogP) is 3.57. The van der Waals surface area contributed by atoms with Crippen LogP contribution in [0.15, 0.2) is 43.0 Å². The normalized spacial score (nSPS) is 13.4. The van der Waals surface area contributed by atoms with Gasteiger partial charge in [0.25, 0.3) is 0 Å². The van der Waals surface area contributed by atoms with Crippen molar-refractivity contribution < 1.29 is 4.79 Å². The molecule has 3 heteroatoms. The van der Waals surface area contributed by atoms with Gasteiger partial charge in [-0.05, 0) is 19.1 Å². The lowest BCUT2D eigenvalue weighted by molar-refractivity contribution is -0.129.